The molecular weight excluding hydrogens is 336 g/mol. The van der Waals surface area contributed by atoms with Crippen molar-refractivity contribution in [3.05, 3.63) is 0 Å². The van der Waals surface area contributed by atoms with Gasteiger partial charge in [0.2, 0.25) is 0 Å². The molecule has 0 aliphatic heterocycles. The Morgan fingerprint density at radius 1 is 0.519 bits per heavy atom. The lowest BCUT2D eigenvalue weighted by Gasteiger charge is -2.04. The summed E-state index contributed by atoms with van der Waals surface area (Å²) >= 11 is 0. The predicted octanol–water partition coefficient (Wildman–Crippen LogP) is 6.52. The lowest BCUT2D eigenvalue weighted by atomic mass is 10.0. The second kappa shape index (κ2) is 21.4. The zero-order valence-corrected chi connectivity index (χ0v) is 18.1. The number of rotatable bonds is 22. The molecule has 3 nitrogen and oxygen atoms in total. The van der Waals surface area contributed by atoms with Gasteiger partial charge in [-0.3, -0.25) is 4.79 Å². The highest BCUT2D eigenvalue weighted by Crippen LogP contribution is 2.14. The maximum Gasteiger partial charge on any atom is 0.138 e. The molecule has 0 heterocycles. The van der Waals surface area contributed by atoms with E-state index < -0.39 is 12.4 Å². The molecule has 0 unspecified atom stereocenters. The van der Waals surface area contributed by atoms with Crippen LogP contribution in [-0.4, -0.2) is 11.8 Å². The van der Waals surface area contributed by atoms with Crippen LogP contribution in [0, 0.1) is 0 Å². The Bertz CT molecular complexity index is 339. The maximum absolute atomic E-state index is 11.2. The maximum atomic E-state index is 11.2. The van der Waals surface area contributed by atoms with E-state index in [0.29, 0.717) is 6.42 Å². The molecule has 0 aliphatic rings. The summed E-state index contributed by atoms with van der Waals surface area (Å²) in [6, 6.07) is 0. The molecule has 0 spiro atoms. The minimum atomic E-state index is -1.25. The predicted molar refractivity (Wildman–Crippen MR) is 113 cm³/mol. The van der Waals surface area contributed by atoms with Crippen molar-refractivity contribution in [3.63, 3.8) is 0 Å². The minimum Gasteiger partial charge on any atom is -0.550 e. The fourth-order valence-electron chi connectivity index (χ4n) is 3.65. The molecule has 0 N–H and O–H groups in total. The highest BCUT2D eigenvalue weighted by Gasteiger charge is 2.01. The van der Waals surface area contributed by atoms with Gasteiger partial charge in [0.15, 0.2) is 0 Å². The number of ketones is 1. The Balaban J connectivity index is 3.07. The molecule has 0 atom stereocenters. The van der Waals surface area contributed by atoms with Gasteiger partial charge in [-0.2, -0.15) is 0 Å². The van der Waals surface area contributed by atoms with Crippen molar-refractivity contribution in [3.8, 4) is 0 Å². The smallest absolute Gasteiger partial charge is 0.138 e. The molecule has 0 aromatic carbocycles. The third-order valence-corrected chi connectivity index (χ3v) is 5.40. The van der Waals surface area contributed by atoms with E-state index in [2.05, 4.69) is 6.92 Å². The van der Waals surface area contributed by atoms with Gasteiger partial charge in [0.25, 0.3) is 0 Å². The normalized spacial score (nSPS) is 11.0. The lowest BCUT2D eigenvalue weighted by molar-refractivity contribution is -0.304. The van der Waals surface area contributed by atoms with Crippen molar-refractivity contribution in [1.82, 2.24) is 0 Å². The van der Waals surface area contributed by atoms with E-state index in [1.54, 1.807) is 0 Å². The van der Waals surface area contributed by atoms with Gasteiger partial charge in [0, 0.05) is 18.8 Å². The summed E-state index contributed by atoms with van der Waals surface area (Å²) in [5, 5.41) is 10.3. The topological polar surface area (TPSA) is 57.2 Å². The van der Waals surface area contributed by atoms with Crippen molar-refractivity contribution in [2.45, 2.75) is 142 Å². The van der Waals surface area contributed by atoms with Crippen molar-refractivity contribution in [1.29, 1.82) is 0 Å². The molecule has 0 saturated heterocycles. The largest absolute Gasteiger partial charge is 0.550 e. The monoisotopic (exact) mass is 381 g/mol. The van der Waals surface area contributed by atoms with Crippen LogP contribution in [0.3, 0.4) is 0 Å². The van der Waals surface area contributed by atoms with Gasteiger partial charge < -0.3 is 9.90 Å². The number of carboxylic acid groups (broad SMARTS) is 1. The average Bonchev–Trinajstić information content (AvgIpc) is 2.63. The van der Waals surface area contributed by atoms with E-state index >= 15 is 0 Å². The van der Waals surface area contributed by atoms with E-state index in [1.807, 2.05) is 0 Å². The first-order valence-corrected chi connectivity index (χ1v) is 11.9. The first-order chi connectivity index (χ1) is 13.2. The number of carbonyl (C=O) groups excluding carboxylic acids is 2. The summed E-state index contributed by atoms with van der Waals surface area (Å²) < 4.78 is 0. The van der Waals surface area contributed by atoms with Crippen LogP contribution in [0.1, 0.15) is 142 Å². The Kier molecular flexibility index (Phi) is 20.8. The zero-order valence-electron chi connectivity index (χ0n) is 18.1. The Morgan fingerprint density at radius 3 is 1.11 bits per heavy atom. The molecule has 0 fully saturated rings. The number of unbranched alkanes of at least 4 members (excludes halogenated alkanes) is 18. The first-order valence-electron chi connectivity index (χ1n) is 11.9. The summed E-state index contributed by atoms with van der Waals surface area (Å²) in [5.74, 6) is -1.44. The second-order valence-corrected chi connectivity index (χ2v) is 8.20. The summed E-state index contributed by atoms with van der Waals surface area (Å²) in [6.07, 6.45) is 25.2. The zero-order chi connectivity index (χ0) is 20.0. The summed E-state index contributed by atoms with van der Waals surface area (Å²) in [4.78, 5) is 21.5. The van der Waals surface area contributed by atoms with Crippen LogP contribution < -0.4 is 5.11 Å². The van der Waals surface area contributed by atoms with Gasteiger partial charge in [0.05, 0.1) is 0 Å². The van der Waals surface area contributed by atoms with E-state index in [9.17, 15) is 14.7 Å². The van der Waals surface area contributed by atoms with Crippen molar-refractivity contribution >= 4 is 11.8 Å². The summed E-state index contributed by atoms with van der Waals surface area (Å²) in [6.45, 7) is 2.28. The van der Waals surface area contributed by atoms with Crippen LogP contribution in [0.5, 0.6) is 0 Å². The average molecular weight is 382 g/mol. The SMILES string of the molecule is CCCCCCCCCCCCCCCCCCCCCC(=O)CC(=O)[O-]. The Labute approximate surface area is 168 Å². The molecular formula is C24H45O3-. The molecule has 0 aromatic heterocycles. The molecule has 0 radical (unpaired) electrons. The number of carbonyl (C=O) groups is 2. The standard InChI is InChI=1S/C24H46O3/c1-2-3-4-5-6-7-8-9-10-11-12-13-14-15-16-17-18-19-20-21-23(25)22-24(26)27/h2-22H2,1H3,(H,26,27)/p-1. The summed E-state index contributed by atoms with van der Waals surface area (Å²) in [7, 11) is 0. The van der Waals surface area contributed by atoms with Crippen LogP contribution in [0.2, 0.25) is 0 Å². The number of Topliss-reactive ketones (excluding diaryl/α,β-unsaturated/α-hetero) is 1. The molecule has 0 rings (SSSR count). The van der Waals surface area contributed by atoms with E-state index in [-0.39, 0.29) is 5.78 Å². The molecule has 0 aromatic rings. The fraction of sp³-hybridized carbons (Fsp3) is 0.917. The molecule has 3 heteroatoms. The van der Waals surface area contributed by atoms with Crippen LogP contribution in [0.25, 0.3) is 0 Å². The van der Waals surface area contributed by atoms with Crippen molar-refractivity contribution in [2.24, 2.45) is 0 Å². The molecule has 0 amide bonds. The van der Waals surface area contributed by atoms with E-state index in [4.69, 9.17) is 0 Å². The van der Waals surface area contributed by atoms with E-state index in [0.717, 1.165) is 19.3 Å². The van der Waals surface area contributed by atoms with Crippen LogP contribution in [0.15, 0.2) is 0 Å². The second-order valence-electron chi connectivity index (χ2n) is 8.20. The number of hydrogen-bond donors (Lipinski definition) is 0. The number of hydrogen-bond acceptors (Lipinski definition) is 3. The van der Waals surface area contributed by atoms with Crippen molar-refractivity contribution < 1.29 is 14.7 Å². The Hall–Kier alpha value is -0.860. The third kappa shape index (κ3) is 23.1. The Morgan fingerprint density at radius 2 is 0.815 bits per heavy atom. The summed E-state index contributed by atoms with van der Waals surface area (Å²) in [5.41, 5.74) is 0. The van der Waals surface area contributed by atoms with Crippen LogP contribution in [-0.2, 0) is 9.59 Å². The van der Waals surface area contributed by atoms with Crippen molar-refractivity contribution in [2.75, 3.05) is 0 Å². The minimum absolute atomic E-state index is 0.193. The van der Waals surface area contributed by atoms with Gasteiger partial charge in [0.1, 0.15) is 5.78 Å². The quantitative estimate of drug-likeness (QED) is 0.158. The third-order valence-electron chi connectivity index (χ3n) is 5.40. The first kappa shape index (κ1) is 26.1. The van der Waals surface area contributed by atoms with Gasteiger partial charge in [-0.15, -0.1) is 0 Å². The van der Waals surface area contributed by atoms with Gasteiger partial charge >= 0.3 is 0 Å². The van der Waals surface area contributed by atoms with Gasteiger partial charge in [-0.05, 0) is 6.42 Å². The van der Waals surface area contributed by atoms with Crippen LogP contribution in [0.4, 0.5) is 0 Å². The molecule has 0 bridgehead atoms. The lowest BCUT2D eigenvalue weighted by Crippen LogP contribution is -2.25. The molecule has 160 valence electrons. The number of aliphatic carboxylic acids is 1. The number of carboxylic acids is 1. The molecule has 0 aliphatic carbocycles. The fourth-order valence-corrected chi connectivity index (χ4v) is 3.65. The van der Waals surface area contributed by atoms with Gasteiger partial charge in [-0.25, -0.2) is 0 Å². The van der Waals surface area contributed by atoms with E-state index in [1.165, 1.54) is 103 Å². The van der Waals surface area contributed by atoms with Gasteiger partial charge in [-0.1, -0.05) is 122 Å². The molecule has 27 heavy (non-hydrogen) atoms. The van der Waals surface area contributed by atoms with Crippen LogP contribution >= 0.6 is 0 Å². The highest BCUT2D eigenvalue weighted by atomic mass is 16.4. The highest BCUT2D eigenvalue weighted by molar-refractivity contribution is 5.93. The molecule has 0 saturated carbocycles.